The molecule has 1 aliphatic carbocycles. The summed E-state index contributed by atoms with van der Waals surface area (Å²) in [6.07, 6.45) is 1.69. The maximum absolute atomic E-state index is 14.1. The first-order chi connectivity index (χ1) is 15.5. The Labute approximate surface area is 186 Å². The predicted octanol–water partition coefficient (Wildman–Crippen LogP) is 3.65. The van der Waals surface area contributed by atoms with Gasteiger partial charge in [0.15, 0.2) is 16.9 Å². The second kappa shape index (κ2) is 7.21. The molecule has 0 saturated carbocycles. The van der Waals surface area contributed by atoms with Crippen molar-refractivity contribution in [2.45, 2.75) is 31.5 Å². The average Bonchev–Trinajstić information content (AvgIpc) is 3.45. The lowest BCUT2D eigenvalue weighted by Crippen LogP contribution is -2.55. The molecule has 0 saturated heterocycles. The number of carbonyl (C=O) groups is 2. The highest BCUT2D eigenvalue weighted by molar-refractivity contribution is 6.17. The van der Waals surface area contributed by atoms with Gasteiger partial charge < -0.3 is 19.7 Å². The van der Waals surface area contributed by atoms with Crippen molar-refractivity contribution in [3.05, 3.63) is 107 Å². The number of benzene rings is 2. The largest absolute Gasteiger partial charge is 0.463 e. The molecule has 0 bridgehead atoms. The normalized spacial score (nSPS) is 24.0. The van der Waals surface area contributed by atoms with Gasteiger partial charge in [-0.3, -0.25) is 4.79 Å². The van der Waals surface area contributed by atoms with Gasteiger partial charge in [-0.1, -0.05) is 54.6 Å². The van der Waals surface area contributed by atoms with Crippen LogP contribution in [0.4, 0.5) is 0 Å². The minimum Gasteiger partial charge on any atom is -0.463 e. The minimum absolute atomic E-state index is 0.161. The Balaban J connectivity index is 1.84. The van der Waals surface area contributed by atoms with Crippen LogP contribution in [0.3, 0.4) is 0 Å². The smallest absolute Gasteiger partial charge is 0.337 e. The summed E-state index contributed by atoms with van der Waals surface area (Å²) in [7, 11) is 0. The van der Waals surface area contributed by atoms with Crippen molar-refractivity contribution in [2.24, 2.45) is 0 Å². The second-order valence-corrected chi connectivity index (χ2v) is 8.13. The Bertz CT molecular complexity index is 1230. The number of carbonyl (C=O) groups excluding carboxylic acids is 2. The number of hydrogen-bond acceptors (Lipinski definition) is 5. The van der Waals surface area contributed by atoms with E-state index in [1.165, 1.54) is 0 Å². The molecule has 0 spiro atoms. The lowest BCUT2D eigenvalue weighted by atomic mass is 9.70. The Morgan fingerprint density at radius 2 is 1.78 bits per heavy atom. The maximum Gasteiger partial charge on any atom is 0.337 e. The lowest BCUT2D eigenvalue weighted by molar-refractivity contribution is -0.142. The molecule has 162 valence electrons. The standard InChI is InChI=1S/C26H24N2O4/c1-3-32-24(30)22-17(2)28(16-18-10-5-4-6-11-18)26(31)20-13-8-7-12-19(20)23(29)25(22,26)21-14-9-15-27-21/h4-15,27,31H,3,16H2,1-2H3. The number of H-pyrrole nitrogens is 1. The number of aromatic nitrogens is 1. The number of ether oxygens (including phenoxy) is 1. The predicted molar refractivity (Wildman–Crippen MR) is 118 cm³/mol. The number of aliphatic hydroxyl groups is 1. The van der Waals surface area contributed by atoms with Gasteiger partial charge in [0.2, 0.25) is 0 Å². The van der Waals surface area contributed by atoms with Gasteiger partial charge in [0.25, 0.3) is 0 Å². The van der Waals surface area contributed by atoms with Crippen LogP contribution in [-0.2, 0) is 27.2 Å². The summed E-state index contributed by atoms with van der Waals surface area (Å²) in [5.74, 6) is -0.925. The highest BCUT2D eigenvalue weighted by atomic mass is 16.5. The monoisotopic (exact) mass is 428 g/mol. The van der Waals surface area contributed by atoms with Crippen molar-refractivity contribution < 1.29 is 19.4 Å². The summed E-state index contributed by atoms with van der Waals surface area (Å²) in [4.78, 5) is 32.3. The van der Waals surface area contributed by atoms with Crippen LogP contribution in [0.5, 0.6) is 0 Å². The second-order valence-electron chi connectivity index (χ2n) is 8.13. The first-order valence-corrected chi connectivity index (χ1v) is 10.7. The molecule has 2 aliphatic rings. The Kier molecular flexibility index (Phi) is 4.57. The summed E-state index contributed by atoms with van der Waals surface area (Å²) in [5, 5.41) is 12.6. The summed E-state index contributed by atoms with van der Waals surface area (Å²) in [6.45, 7) is 3.97. The fraction of sp³-hybridized carbons (Fsp3) is 0.231. The van der Waals surface area contributed by atoms with Gasteiger partial charge in [0.05, 0.1) is 12.2 Å². The molecule has 2 heterocycles. The molecule has 0 radical (unpaired) electrons. The van der Waals surface area contributed by atoms with Crippen LogP contribution in [0.15, 0.2) is 84.2 Å². The van der Waals surface area contributed by atoms with E-state index in [9.17, 15) is 14.7 Å². The van der Waals surface area contributed by atoms with Gasteiger partial charge in [0, 0.05) is 35.3 Å². The molecule has 2 aromatic carbocycles. The Morgan fingerprint density at radius 3 is 2.47 bits per heavy atom. The fourth-order valence-corrected chi connectivity index (χ4v) is 5.34. The molecule has 6 nitrogen and oxygen atoms in total. The number of Topliss-reactive ketones (excluding diaryl/α,β-unsaturated/α-hetero) is 1. The number of hydrogen-bond donors (Lipinski definition) is 2. The number of allylic oxidation sites excluding steroid dienone is 1. The Hall–Kier alpha value is -3.64. The van der Waals surface area contributed by atoms with Crippen molar-refractivity contribution in [1.82, 2.24) is 9.88 Å². The fourth-order valence-electron chi connectivity index (χ4n) is 5.34. The number of fused-ring (bicyclic) bond motifs is 3. The number of nitrogens with one attached hydrogen (secondary N) is 1. The molecule has 1 aliphatic heterocycles. The van der Waals surface area contributed by atoms with Gasteiger partial charge >= 0.3 is 5.97 Å². The van der Waals surface area contributed by atoms with Crippen LogP contribution in [0.25, 0.3) is 0 Å². The van der Waals surface area contributed by atoms with Crippen LogP contribution in [0, 0.1) is 0 Å². The number of esters is 1. The van der Waals surface area contributed by atoms with Gasteiger partial charge in [-0.15, -0.1) is 0 Å². The van der Waals surface area contributed by atoms with Crippen LogP contribution < -0.4 is 0 Å². The lowest BCUT2D eigenvalue weighted by Gasteiger charge is -2.42. The van der Waals surface area contributed by atoms with E-state index in [-0.39, 0.29) is 18.0 Å². The molecule has 6 heteroatoms. The van der Waals surface area contributed by atoms with E-state index in [4.69, 9.17) is 4.74 Å². The molecule has 2 N–H and O–H groups in total. The highest BCUT2D eigenvalue weighted by Crippen LogP contribution is 2.62. The number of nitrogens with zero attached hydrogens (tertiary/aromatic N) is 1. The van der Waals surface area contributed by atoms with Crippen molar-refractivity contribution in [3.63, 3.8) is 0 Å². The van der Waals surface area contributed by atoms with Crippen molar-refractivity contribution in [1.29, 1.82) is 0 Å². The van der Waals surface area contributed by atoms with E-state index in [0.717, 1.165) is 5.56 Å². The molecule has 1 aromatic heterocycles. The van der Waals surface area contributed by atoms with E-state index in [0.29, 0.717) is 29.1 Å². The van der Waals surface area contributed by atoms with Crippen molar-refractivity contribution in [2.75, 3.05) is 6.61 Å². The summed E-state index contributed by atoms with van der Waals surface area (Å²) in [6, 6.07) is 20.2. The van der Waals surface area contributed by atoms with Crippen LogP contribution in [0.1, 0.15) is 41.0 Å². The van der Waals surface area contributed by atoms with E-state index in [2.05, 4.69) is 4.98 Å². The molecule has 2 atom stereocenters. The molecule has 32 heavy (non-hydrogen) atoms. The average molecular weight is 428 g/mol. The number of rotatable bonds is 5. The van der Waals surface area contributed by atoms with E-state index in [1.807, 2.05) is 30.3 Å². The Morgan fingerprint density at radius 1 is 1.06 bits per heavy atom. The van der Waals surface area contributed by atoms with Gasteiger partial charge in [-0.25, -0.2) is 4.79 Å². The van der Waals surface area contributed by atoms with Crippen LogP contribution >= 0.6 is 0 Å². The molecular weight excluding hydrogens is 404 g/mol. The molecule has 0 fully saturated rings. The summed E-state index contributed by atoms with van der Waals surface area (Å²) < 4.78 is 5.42. The topological polar surface area (TPSA) is 82.6 Å². The third-order valence-electron chi connectivity index (χ3n) is 6.61. The van der Waals surface area contributed by atoms with Crippen LogP contribution in [0.2, 0.25) is 0 Å². The molecule has 3 aromatic rings. The van der Waals surface area contributed by atoms with Gasteiger partial charge in [0.1, 0.15) is 0 Å². The van der Waals surface area contributed by atoms with Gasteiger partial charge in [-0.05, 0) is 31.5 Å². The summed E-state index contributed by atoms with van der Waals surface area (Å²) >= 11 is 0. The molecule has 2 unspecified atom stereocenters. The zero-order valence-electron chi connectivity index (χ0n) is 18.0. The molecule has 0 amide bonds. The maximum atomic E-state index is 14.1. The zero-order chi connectivity index (χ0) is 22.5. The zero-order valence-corrected chi connectivity index (χ0v) is 18.0. The minimum atomic E-state index is -1.80. The quantitative estimate of drug-likeness (QED) is 0.607. The first kappa shape index (κ1) is 20.3. The molecular formula is C26H24N2O4. The van der Waals surface area contributed by atoms with Crippen molar-refractivity contribution in [3.8, 4) is 0 Å². The summed E-state index contributed by atoms with van der Waals surface area (Å²) in [5.41, 5.74) is -0.486. The van der Waals surface area contributed by atoms with E-state index >= 15 is 0 Å². The third-order valence-corrected chi connectivity index (χ3v) is 6.61. The SMILES string of the molecule is CCOC(=O)C1=C(C)N(Cc2ccccc2)C2(O)c3ccccc3C(=O)C12c1ccc[nH]1. The van der Waals surface area contributed by atoms with Crippen molar-refractivity contribution >= 4 is 11.8 Å². The first-order valence-electron chi connectivity index (χ1n) is 10.7. The molecule has 5 rings (SSSR count). The number of ketones is 1. The third kappa shape index (κ3) is 2.38. The van der Waals surface area contributed by atoms with E-state index < -0.39 is 17.1 Å². The highest BCUT2D eigenvalue weighted by Gasteiger charge is 2.74. The van der Waals surface area contributed by atoms with Gasteiger partial charge in [-0.2, -0.15) is 0 Å². The van der Waals surface area contributed by atoms with E-state index in [1.54, 1.807) is 61.3 Å². The van der Waals surface area contributed by atoms with Crippen LogP contribution in [-0.4, -0.2) is 33.3 Å². The number of aromatic amines is 1.